The van der Waals surface area contributed by atoms with Gasteiger partial charge < -0.3 is 0 Å². The second-order valence-corrected chi connectivity index (χ2v) is 12.6. The van der Waals surface area contributed by atoms with E-state index in [1.807, 2.05) is 0 Å². The van der Waals surface area contributed by atoms with Crippen molar-refractivity contribution in [3.05, 3.63) is 142 Å². The third-order valence-corrected chi connectivity index (χ3v) is 8.80. The monoisotopic (exact) mass is 568 g/mol. The summed E-state index contributed by atoms with van der Waals surface area (Å²) in [5, 5.41) is 0. The SMILES string of the molecule is CCCCCCc1ccc(C=Cc2ccc(C(C)(C)c3ccc(C=Cc4ccc(CCCCCC)cc4)cc3)cc2)cc1. The minimum atomic E-state index is -0.0651. The third-order valence-electron chi connectivity index (χ3n) is 8.80. The molecule has 4 rings (SSSR count). The van der Waals surface area contributed by atoms with Crippen LogP contribution in [0.25, 0.3) is 24.3 Å². The first-order valence-corrected chi connectivity index (χ1v) is 16.7. The van der Waals surface area contributed by atoms with E-state index in [0.717, 1.165) is 0 Å². The first-order valence-electron chi connectivity index (χ1n) is 16.7. The van der Waals surface area contributed by atoms with Crippen molar-refractivity contribution in [3.63, 3.8) is 0 Å². The summed E-state index contributed by atoms with van der Waals surface area (Å²) in [5.74, 6) is 0. The van der Waals surface area contributed by atoms with Crippen molar-refractivity contribution < 1.29 is 0 Å². The molecule has 0 aliphatic carbocycles. The lowest BCUT2D eigenvalue weighted by Crippen LogP contribution is -2.18. The van der Waals surface area contributed by atoms with Crippen molar-refractivity contribution >= 4 is 24.3 Å². The van der Waals surface area contributed by atoms with Gasteiger partial charge in [0.25, 0.3) is 0 Å². The lowest BCUT2D eigenvalue weighted by atomic mass is 9.78. The van der Waals surface area contributed by atoms with Crippen LogP contribution in [-0.4, -0.2) is 0 Å². The molecule has 0 aromatic heterocycles. The molecule has 0 bridgehead atoms. The zero-order valence-corrected chi connectivity index (χ0v) is 27.1. The topological polar surface area (TPSA) is 0 Å². The molecule has 0 unspecified atom stereocenters. The number of rotatable bonds is 16. The minimum Gasteiger partial charge on any atom is -0.0654 e. The van der Waals surface area contributed by atoms with Gasteiger partial charge in [0.15, 0.2) is 0 Å². The van der Waals surface area contributed by atoms with E-state index in [9.17, 15) is 0 Å². The maximum atomic E-state index is 2.32. The van der Waals surface area contributed by atoms with Crippen LogP contribution in [0.5, 0.6) is 0 Å². The second-order valence-electron chi connectivity index (χ2n) is 12.6. The number of unbranched alkanes of at least 4 members (excludes halogenated alkanes) is 6. The van der Waals surface area contributed by atoms with Crippen molar-refractivity contribution in [1.29, 1.82) is 0 Å². The van der Waals surface area contributed by atoms with Gasteiger partial charge in [-0.15, -0.1) is 0 Å². The summed E-state index contributed by atoms with van der Waals surface area (Å²) < 4.78 is 0. The van der Waals surface area contributed by atoms with Gasteiger partial charge in [0.2, 0.25) is 0 Å². The predicted octanol–water partition coefficient (Wildman–Crippen LogP) is 12.6. The Kier molecular flexibility index (Phi) is 12.7. The fourth-order valence-electron chi connectivity index (χ4n) is 5.68. The summed E-state index contributed by atoms with van der Waals surface area (Å²) >= 11 is 0. The normalized spacial score (nSPS) is 12.0. The standard InChI is InChI=1S/C43H52/c1-5-7-9-11-13-35-15-19-37(20-16-35)23-25-39-27-31-41(32-28-39)43(3,4)42-33-29-40(30-34-42)26-24-38-21-17-36(18-22-38)14-12-10-8-6-2/h15-34H,5-14H2,1-4H3. The number of hydrogen-bond donors (Lipinski definition) is 0. The van der Waals surface area contributed by atoms with Gasteiger partial charge in [0.05, 0.1) is 0 Å². The van der Waals surface area contributed by atoms with Crippen LogP contribution in [0.1, 0.15) is 124 Å². The molecule has 0 N–H and O–H groups in total. The van der Waals surface area contributed by atoms with Crippen LogP contribution in [0.2, 0.25) is 0 Å². The Labute approximate surface area is 262 Å². The predicted molar refractivity (Wildman–Crippen MR) is 191 cm³/mol. The van der Waals surface area contributed by atoms with E-state index in [2.05, 4.69) is 149 Å². The van der Waals surface area contributed by atoms with E-state index < -0.39 is 0 Å². The summed E-state index contributed by atoms with van der Waals surface area (Å²) in [4.78, 5) is 0. The van der Waals surface area contributed by atoms with E-state index in [-0.39, 0.29) is 5.41 Å². The van der Waals surface area contributed by atoms with Gasteiger partial charge >= 0.3 is 0 Å². The zero-order valence-electron chi connectivity index (χ0n) is 27.1. The number of benzene rings is 4. The Morgan fingerprint density at radius 1 is 0.395 bits per heavy atom. The van der Waals surface area contributed by atoms with Gasteiger partial charge in [-0.05, 0) is 70.2 Å². The van der Waals surface area contributed by atoms with Crippen molar-refractivity contribution in [1.82, 2.24) is 0 Å². The number of aryl methyl sites for hydroxylation is 2. The maximum Gasteiger partial charge on any atom is 0.0146 e. The molecule has 0 radical (unpaired) electrons. The van der Waals surface area contributed by atoms with Gasteiger partial charge in [-0.25, -0.2) is 0 Å². The van der Waals surface area contributed by atoms with Gasteiger partial charge in [-0.1, -0.05) is 188 Å². The van der Waals surface area contributed by atoms with Gasteiger partial charge in [-0.3, -0.25) is 0 Å². The van der Waals surface area contributed by atoms with Crippen LogP contribution in [0, 0.1) is 0 Å². The molecule has 0 spiro atoms. The van der Waals surface area contributed by atoms with E-state index in [1.165, 1.54) is 109 Å². The highest BCUT2D eigenvalue weighted by Crippen LogP contribution is 2.32. The molecule has 0 saturated carbocycles. The summed E-state index contributed by atoms with van der Waals surface area (Å²) in [6.07, 6.45) is 21.8. The highest BCUT2D eigenvalue weighted by molar-refractivity contribution is 5.71. The van der Waals surface area contributed by atoms with E-state index in [4.69, 9.17) is 0 Å². The minimum absolute atomic E-state index is 0.0651. The van der Waals surface area contributed by atoms with E-state index >= 15 is 0 Å². The molecule has 0 fully saturated rings. The summed E-state index contributed by atoms with van der Waals surface area (Å²) in [7, 11) is 0. The Bertz CT molecular complexity index is 1280. The lowest BCUT2D eigenvalue weighted by Gasteiger charge is -2.26. The maximum absolute atomic E-state index is 2.32. The van der Waals surface area contributed by atoms with Crippen LogP contribution in [-0.2, 0) is 18.3 Å². The molecule has 0 amide bonds. The highest BCUT2D eigenvalue weighted by atomic mass is 14.3. The van der Waals surface area contributed by atoms with Gasteiger partial charge in [0.1, 0.15) is 0 Å². The molecule has 0 nitrogen and oxygen atoms in total. The largest absolute Gasteiger partial charge is 0.0654 e. The van der Waals surface area contributed by atoms with Crippen molar-refractivity contribution in [2.45, 2.75) is 97.3 Å². The Hall–Kier alpha value is -3.64. The average molecular weight is 569 g/mol. The van der Waals surface area contributed by atoms with E-state index in [1.54, 1.807) is 0 Å². The molecular weight excluding hydrogens is 516 g/mol. The third kappa shape index (κ3) is 10.2. The zero-order chi connectivity index (χ0) is 30.3. The van der Waals surface area contributed by atoms with Crippen LogP contribution in [0.15, 0.2) is 97.1 Å². The van der Waals surface area contributed by atoms with Crippen molar-refractivity contribution in [3.8, 4) is 0 Å². The van der Waals surface area contributed by atoms with Crippen molar-refractivity contribution in [2.75, 3.05) is 0 Å². The van der Waals surface area contributed by atoms with Crippen LogP contribution < -0.4 is 0 Å². The van der Waals surface area contributed by atoms with Gasteiger partial charge in [0, 0.05) is 5.41 Å². The molecule has 0 atom stereocenters. The molecule has 0 aliphatic heterocycles. The molecule has 4 aromatic rings. The van der Waals surface area contributed by atoms with E-state index in [0.29, 0.717) is 0 Å². The summed E-state index contributed by atoms with van der Waals surface area (Å²) in [6.45, 7) is 9.17. The quantitative estimate of drug-likeness (QED) is 0.0931. The van der Waals surface area contributed by atoms with Crippen LogP contribution >= 0.6 is 0 Å². The summed E-state index contributed by atoms with van der Waals surface area (Å²) in [5.41, 5.74) is 10.5. The fraction of sp³-hybridized carbons (Fsp3) is 0.349. The van der Waals surface area contributed by atoms with Crippen LogP contribution in [0.4, 0.5) is 0 Å². The average Bonchev–Trinajstić information content (AvgIpc) is 3.05. The molecule has 224 valence electrons. The molecule has 0 heterocycles. The molecular formula is C43H52. The lowest BCUT2D eigenvalue weighted by molar-refractivity contribution is 0.641. The summed E-state index contributed by atoms with van der Waals surface area (Å²) in [6, 6.07) is 36.2. The first kappa shape index (κ1) is 32.3. The molecule has 0 aliphatic rings. The fourth-order valence-corrected chi connectivity index (χ4v) is 5.68. The molecule has 0 heteroatoms. The molecule has 0 saturated heterocycles. The Morgan fingerprint density at radius 2 is 0.698 bits per heavy atom. The Balaban J connectivity index is 1.31. The molecule has 4 aromatic carbocycles. The van der Waals surface area contributed by atoms with Crippen molar-refractivity contribution in [2.24, 2.45) is 0 Å². The van der Waals surface area contributed by atoms with Gasteiger partial charge in [-0.2, -0.15) is 0 Å². The smallest absolute Gasteiger partial charge is 0.0146 e. The molecule has 43 heavy (non-hydrogen) atoms. The Morgan fingerprint density at radius 3 is 1.00 bits per heavy atom. The van der Waals surface area contributed by atoms with Crippen LogP contribution in [0.3, 0.4) is 0 Å². The highest BCUT2D eigenvalue weighted by Gasteiger charge is 2.22. The second kappa shape index (κ2) is 16.9. The first-order chi connectivity index (χ1) is 21.0. The number of hydrogen-bond acceptors (Lipinski definition) is 0.